The first-order valence-corrected chi connectivity index (χ1v) is 11.1. The molecule has 0 saturated carbocycles. The maximum absolute atomic E-state index is 12.8. The van der Waals surface area contributed by atoms with E-state index in [0.29, 0.717) is 16.3 Å². The summed E-state index contributed by atoms with van der Waals surface area (Å²) in [5.74, 6) is -0.632. The summed E-state index contributed by atoms with van der Waals surface area (Å²) in [5, 5.41) is 6.98. The zero-order valence-corrected chi connectivity index (χ0v) is 18.3. The molecule has 1 unspecified atom stereocenters. The summed E-state index contributed by atoms with van der Waals surface area (Å²) in [6.45, 7) is 2.80. The van der Waals surface area contributed by atoms with Gasteiger partial charge >= 0.3 is 5.97 Å². The molecular weight excluding hydrogens is 416 g/mol. The van der Waals surface area contributed by atoms with Crippen molar-refractivity contribution in [3.05, 3.63) is 52.1 Å². The van der Waals surface area contributed by atoms with Crippen molar-refractivity contribution < 1.29 is 23.5 Å². The highest BCUT2D eigenvalue weighted by Gasteiger charge is 2.27. The van der Waals surface area contributed by atoms with Crippen molar-refractivity contribution in [1.82, 2.24) is 5.32 Å². The Morgan fingerprint density at radius 1 is 1.19 bits per heavy atom. The zero-order chi connectivity index (χ0) is 22.0. The molecule has 4 rings (SSSR count). The van der Waals surface area contributed by atoms with Crippen molar-refractivity contribution in [3.63, 3.8) is 0 Å². The lowest BCUT2D eigenvalue weighted by Gasteiger charge is -2.14. The van der Waals surface area contributed by atoms with Crippen LogP contribution in [-0.4, -0.2) is 24.4 Å². The molecule has 1 aliphatic carbocycles. The van der Waals surface area contributed by atoms with Crippen LogP contribution in [0.5, 0.6) is 0 Å². The van der Waals surface area contributed by atoms with Gasteiger partial charge in [0.2, 0.25) is 5.91 Å². The van der Waals surface area contributed by atoms with Gasteiger partial charge in [0.25, 0.3) is 5.91 Å². The van der Waals surface area contributed by atoms with Crippen LogP contribution < -0.4 is 10.6 Å². The molecule has 0 bridgehead atoms. The van der Waals surface area contributed by atoms with Crippen molar-refractivity contribution in [3.8, 4) is 0 Å². The first-order chi connectivity index (χ1) is 14.9. The lowest BCUT2D eigenvalue weighted by Crippen LogP contribution is -2.31. The van der Waals surface area contributed by atoms with Crippen LogP contribution in [-0.2, 0) is 27.2 Å². The maximum Gasteiger partial charge on any atom is 0.341 e. The number of carbonyl (C=O) groups is 3. The number of benzene rings is 1. The predicted molar refractivity (Wildman–Crippen MR) is 118 cm³/mol. The molecule has 0 radical (unpaired) electrons. The Kier molecular flexibility index (Phi) is 6.08. The van der Waals surface area contributed by atoms with E-state index in [1.54, 1.807) is 0 Å². The number of amides is 2. The number of fused-ring (bicyclic) bond motifs is 2. The maximum atomic E-state index is 12.8. The van der Waals surface area contributed by atoms with E-state index < -0.39 is 18.5 Å². The van der Waals surface area contributed by atoms with E-state index in [1.807, 2.05) is 37.3 Å². The van der Waals surface area contributed by atoms with Gasteiger partial charge in [0.15, 0.2) is 6.61 Å². The number of para-hydroxylation sites is 1. The van der Waals surface area contributed by atoms with Crippen LogP contribution in [0, 0.1) is 0 Å². The van der Waals surface area contributed by atoms with Crippen LogP contribution in [0.3, 0.4) is 0 Å². The molecule has 2 aromatic heterocycles. The molecular formula is C23H24N2O5S. The van der Waals surface area contributed by atoms with E-state index in [0.717, 1.165) is 47.1 Å². The monoisotopic (exact) mass is 440 g/mol. The Labute approximate surface area is 183 Å². The largest absolute Gasteiger partial charge is 0.459 e. The van der Waals surface area contributed by atoms with Crippen LogP contribution in [0.1, 0.15) is 59.3 Å². The molecule has 3 aromatic rings. The number of rotatable bonds is 6. The van der Waals surface area contributed by atoms with Gasteiger partial charge in [0, 0.05) is 17.2 Å². The third kappa shape index (κ3) is 4.64. The number of nitrogens with one attached hydrogen (secondary N) is 2. The molecule has 0 spiro atoms. The van der Waals surface area contributed by atoms with Gasteiger partial charge in [-0.15, -0.1) is 11.3 Å². The van der Waals surface area contributed by atoms with Crippen molar-refractivity contribution in [1.29, 1.82) is 0 Å². The average Bonchev–Trinajstić information content (AvgIpc) is 3.32. The van der Waals surface area contributed by atoms with Gasteiger partial charge in [0.1, 0.15) is 16.3 Å². The van der Waals surface area contributed by atoms with E-state index in [-0.39, 0.29) is 11.9 Å². The normalized spacial score (nSPS) is 14.0. The summed E-state index contributed by atoms with van der Waals surface area (Å²) in [5.41, 5.74) is 2.06. The molecule has 8 heteroatoms. The molecule has 1 atom stereocenters. The first kappa shape index (κ1) is 21.1. The number of ether oxygens (including phenoxy) is 1. The van der Waals surface area contributed by atoms with Crippen molar-refractivity contribution in [2.45, 2.75) is 45.6 Å². The van der Waals surface area contributed by atoms with E-state index in [4.69, 9.17) is 9.15 Å². The van der Waals surface area contributed by atoms with Gasteiger partial charge in [-0.05, 0) is 50.3 Å². The fraction of sp³-hybridized carbons (Fsp3) is 0.348. The van der Waals surface area contributed by atoms with Crippen LogP contribution in [0.15, 0.2) is 34.7 Å². The Morgan fingerprint density at radius 2 is 1.97 bits per heavy atom. The Hall–Kier alpha value is -3.13. The molecule has 2 heterocycles. The van der Waals surface area contributed by atoms with E-state index in [1.165, 1.54) is 18.3 Å². The van der Waals surface area contributed by atoms with Gasteiger partial charge in [-0.2, -0.15) is 0 Å². The van der Waals surface area contributed by atoms with Crippen LogP contribution in [0.2, 0.25) is 0 Å². The molecule has 1 aliphatic rings. The second-order valence-electron chi connectivity index (χ2n) is 7.65. The number of furan rings is 1. The summed E-state index contributed by atoms with van der Waals surface area (Å²) in [6.07, 6.45) is 3.70. The van der Waals surface area contributed by atoms with E-state index in [2.05, 4.69) is 10.6 Å². The standard InChI is InChI=1S/C23H24N2O5S/c1-13(18-11-15-7-3-5-9-17(15)30-18)24-20(27)12-29-23(28)21-16-8-4-6-10-19(16)31-22(21)25-14(2)26/h3,5,7,9,11,13H,4,6,8,10,12H2,1-2H3,(H,24,27)(H,25,26). The Morgan fingerprint density at radius 3 is 2.74 bits per heavy atom. The molecule has 2 N–H and O–H groups in total. The highest BCUT2D eigenvalue weighted by atomic mass is 32.1. The summed E-state index contributed by atoms with van der Waals surface area (Å²) >= 11 is 1.42. The average molecular weight is 441 g/mol. The fourth-order valence-electron chi connectivity index (χ4n) is 3.80. The third-order valence-corrected chi connectivity index (χ3v) is 6.46. The van der Waals surface area contributed by atoms with Crippen LogP contribution in [0.25, 0.3) is 11.0 Å². The number of aryl methyl sites for hydroxylation is 1. The predicted octanol–water partition coefficient (Wildman–Crippen LogP) is 4.37. The van der Waals surface area contributed by atoms with Gasteiger partial charge < -0.3 is 19.8 Å². The lowest BCUT2D eigenvalue weighted by atomic mass is 9.95. The molecule has 1 aromatic carbocycles. The van der Waals surface area contributed by atoms with Gasteiger partial charge in [-0.25, -0.2) is 4.79 Å². The van der Waals surface area contributed by atoms with Crippen molar-refractivity contribution in [2.75, 3.05) is 11.9 Å². The first-order valence-electron chi connectivity index (χ1n) is 10.3. The summed E-state index contributed by atoms with van der Waals surface area (Å²) in [6, 6.07) is 9.11. The topological polar surface area (TPSA) is 97.6 Å². The van der Waals surface area contributed by atoms with Crippen LogP contribution in [0.4, 0.5) is 5.00 Å². The fourth-order valence-corrected chi connectivity index (χ4v) is 5.13. The highest BCUT2D eigenvalue weighted by molar-refractivity contribution is 7.17. The minimum absolute atomic E-state index is 0.245. The molecule has 0 saturated heterocycles. The lowest BCUT2D eigenvalue weighted by molar-refractivity contribution is -0.125. The second-order valence-corrected chi connectivity index (χ2v) is 8.75. The zero-order valence-electron chi connectivity index (χ0n) is 17.4. The number of hydrogen-bond donors (Lipinski definition) is 2. The number of hydrogen-bond acceptors (Lipinski definition) is 6. The molecule has 162 valence electrons. The van der Waals surface area contributed by atoms with Gasteiger partial charge in [-0.3, -0.25) is 9.59 Å². The van der Waals surface area contributed by atoms with Crippen molar-refractivity contribution in [2.24, 2.45) is 0 Å². The minimum atomic E-state index is -0.588. The summed E-state index contributed by atoms with van der Waals surface area (Å²) < 4.78 is 11.1. The van der Waals surface area contributed by atoms with Gasteiger partial charge in [-0.1, -0.05) is 18.2 Å². The second kappa shape index (κ2) is 8.93. The quantitative estimate of drug-likeness (QED) is 0.555. The number of thiophene rings is 1. The molecule has 7 nitrogen and oxygen atoms in total. The SMILES string of the molecule is CC(=O)Nc1sc2c(c1C(=O)OCC(=O)NC(C)c1cc3ccccc3o1)CCCC2. The van der Waals surface area contributed by atoms with Gasteiger partial charge in [0.05, 0.1) is 11.6 Å². The third-order valence-electron chi connectivity index (χ3n) is 5.25. The number of esters is 1. The number of carbonyl (C=O) groups excluding carboxylic acids is 3. The summed E-state index contributed by atoms with van der Waals surface area (Å²) in [7, 11) is 0. The highest BCUT2D eigenvalue weighted by Crippen LogP contribution is 2.38. The van der Waals surface area contributed by atoms with E-state index in [9.17, 15) is 14.4 Å². The van der Waals surface area contributed by atoms with Crippen LogP contribution >= 0.6 is 11.3 Å². The Balaban J connectivity index is 1.40. The number of anilines is 1. The Bertz CT molecular complexity index is 1110. The molecule has 0 fully saturated rings. The minimum Gasteiger partial charge on any atom is -0.459 e. The van der Waals surface area contributed by atoms with E-state index >= 15 is 0 Å². The smallest absolute Gasteiger partial charge is 0.341 e. The molecule has 31 heavy (non-hydrogen) atoms. The molecule has 2 amide bonds. The van der Waals surface area contributed by atoms with Crippen molar-refractivity contribution >= 4 is 45.1 Å². The molecule has 0 aliphatic heterocycles. The summed E-state index contributed by atoms with van der Waals surface area (Å²) in [4.78, 5) is 37.8.